The fourth-order valence-corrected chi connectivity index (χ4v) is 3.04. The van der Waals surface area contributed by atoms with Gasteiger partial charge in [-0.1, -0.05) is 12.1 Å². The fraction of sp³-hybridized carbons (Fsp3) is 0.316. The van der Waals surface area contributed by atoms with Crippen LogP contribution in [-0.4, -0.2) is 31.1 Å². The van der Waals surface area contributed by atoms with Crippen LogP contribution in [0.25, 0.3) is 16.8 Å². The van der Waals surface area contributed by atoms with Crippen LogP contribution in [0.3, 0.4) is 0 Å². The second-order valence-corrected chi connectivity index (χ2v) is 6.78. The smallest absolute Gasteiger partial charge is 0.327 e. The van der Waals surface area contributed by atoms with E-state index in [-0.39, 0.29) is 30.4 Å². The van der Waals surface area contributed by atoms with Gasteiger partial charge in [-0.3, -0.25) is 4.68 Å². The van der Waals surface area contributed by atoms with E-state index < -0.39 is 11.8 Å². The van der Waals surface area contributed by atoms with E-state index in [2.05, 4.69) is 15.3 Å². The molecule has 7 nitrogen and oxygen atoms in total. The van der Waals surface area contributed by atoms with E-state index in [0.717, 1.165) is 16.7 Å². The summed E-state index contributed by atoms with van der Waals surface area (Å²) in [4.78, 5) is 12.4. The number of H-pyrrole nitrogens is 1. The first kappa shape index (κ1) is 19.7. The van der Waals surface area contributed by atoms with Crippen molar-refractivity contribution in [1.29, 1.82) is 0 Å². The second-order valence-electron chi connectivity index (χ2n) is 6.78. The summed E-state index contributed by atoms with van der Waals surface area (Å²) in [5.41, 5.74) is 7.83. The Kier molecular flexibility index (Phi) is 5.55. The summed E-state index contributed by atoms with van der Waals surface area (Å²) >= 11 is 0. The van der Waals surface area contributed by atoms with Crippen LogP contribution in [0, 0.1) is 6.92 Å². The molecule has 0 radical (unpaired) electrons. The number of aromatic nitrogens is 5. The fourth-order valence-electron chi connectivity index (χ4n) is 3.04. The van der Waals surface area contributed by atoms with E-state index in [4.69, 9.17) is 5.73 Å². The van der Waals surface area contributed by atoms with E-state index in [1.165, 1.54) is 4.57 Å². The zero-order valence-electron chi connectivity index (χ0n) is 15.9. The Bertz CT molecular complexity index is 1070. The first-order valence-electron chi connectivity index (χ1n) is 8.87. The molecule has 0 aliphatic rings. The SMILES string of the molecule is Cc1c(-c2cnn(C(C)C)c2)cccc1-n1c(CC(CN)=C(F)F)n[nH]c1=O. The number of rotatable bonds is 6. The highest BCUT2D eigenvalue weighted by atomic mass is 19.3. The average Bonchev–Trinajstić information content (AvgIpc) is 3.27. The molecule has 0 bridgehead atoms. The first-order valence-corrected chi connectivity index (χ1v) is 8.87. The summed E-state index contributed by atoms with van der Waals surface area (Å²) in [5, 5.41) is 10.6. The van der Waals surface area contributed by atoms with Crippen molar-refractivity contribution in [3.8, 4) is 16.8 Å². The van der Waals surface area contributed by atoms with E-state index in [0.29, 0.717) is 5.69 Å². The molecule has 0 aliphatic heterocycles. The van der Waals surface area contributed by atoms with Crippen molar-refractivity contribution >= 4 is 0 Å². The highest BCUT2D eigenvalue weighted by Crippen LogP contribution is 2.28. The van der Waals surface area contributed by atoms with Gasteiger partial charge < -0.3 is 5.73 Å². The normalized spacial score (nSPS) is 11.2. The molecule has 0 spiro atoms. The van der Waals surface area contributed by atoms with Crippen LogP contribution in [0.1, 0.15) is 31.3 Å². The van der Waals surface area contributed by atoms with Crippen molar-refractivity contribution < 1.29 is 8.78 Å². The van der Waals surface area contributed by atoms with Gasteiger partial charge in [-0.25, -0.2) is 14.5 Å². The summed E-state index contributed by atoms with van der Waals surface area (Å²) in [6.07, 6.45) is 1.63. The summed E-state index contributed by atoms with van der Waals surface area (Å²) in [5.74, 6) is 0.177. The average molecular weight is 388 g/mol. The number of hydrogen-bond donors (Lipinski definition) is 2. The van der Waals surface area contributed by atoms with Crippen LogP contribution in [0.15, 0.2) is 47.0 Å². The summed E-state index contributed by atoms with van der Waals surface area (Å²) in [6.45, 7) is 5.63. The van der Waals surface area contributed by atoms with Crippen LogP contribution in [0.4, 0.5) is 8.78 Å². The molecule has 0 saturated heterocycles. The topological polar surface area (TPSA) is 94.5 Å². The number of halogens is 2. The van der Waals surface area contributed by atoms with Crippen LogP contribution < -0.4 is 11.4 Å². The van der Waals surface area contributed by atoms with Gasteiger partial charge in [0.05, 0.1) is 11.9 Å². The van der Waals surface area contributed by atoms with Gasteiger partial charge in [0.25, 0.3) is 6.08 Å². The number of nitrogens with two attached hydrogens (primary N) is 1. The quantitative estimate of drug-likeness (QED) is 0.679. The number of aromatic amines is 1. The minimum Gasteiger partial charge on any atom is -0.327 e. The third kappa shape index (κ3) is 3.65. The predicted octanol–water partition coefficient (Wildman–Crippen LogP) is 2.97. The summed E-state index contributed by atoms with van der Waals surface area (Å²) in [6, 6.07) is 5.71. The highest BCUT2D eigenvalue weighted by molar-refractivity contribution is 5.70. The van der Waals surface area contributed by atoms with Gasteiger partial charge in [-0.05, 0) is 38.0 Å². The maximum Gasteiger partial charge on any atom is 0.347 e. The Labute approximate surface area is 160 Å². The molecule has 28 heavy (non-hydrogen) atoms. The zero-order valence-corrected chi connectivity index (χ0v) is 15.9. The van der Waals surface area contributed by atoms with Crippen molar-refractivity contribution in [2.45, 2.75) is 33.2 Å². The maximum absolute atomic E-state index is 13.0. The van der Waals surface area contributed by atoms with Crippen LogP contribution >= 0.6 is 0 Å². The predicted molar refractivity (Wildman–Crippen MR) is 103 cm³/mol. The minimum atomic E-state index is -1.85. The molecule has 3 N–H and O–H groups in total. The van der Waals surface area contributed by atoms with Crippen molar-refractivity contribution in [3.05, 3.63) is 64.1 Å². The lowest BCUT2D eigenvalue weighted by molar-refractivity contribution is 0.407. The molecule has 2 aromatic heterocycles. The molecule has 3 aromatic rings. The number of nitrogens with one attached hydrogen (secondary N) is 1. The van der Waals surface area contributed by atoms with Gasteiger partial charge >= 0.3 is 5.69 Å². The van der Waals surface area contributed by atoms with Gasteiger partial charge in [-0.2, -0.15) is 19.0 Å². The van der Waals surface area contributed by atoms with E-state index >= 15 is 0 Å². The van der Waals surface area contributed by atoms with Gasteiger partial charge in [0.15, 0.2) is 0 Å². The largest absolute Gasteiger partial charge is 0.347 e. The Balaban J connectivity index is 2.10. The lowest BCUT2D eigenvalue weighted by Crippen LogP contribution is -2.19. The van der Waals surface area contributed by atoms with Crippen LogP contribution in [0.5, 0.6) is 0 Å². The molecule has 2 heterocycles. The first-order chi connectivity index (χ1) is 13.3. The lowest BCUT2D eigenvalue weighted by Gasteiger charge is -2.13. The van der Waals surface area contributed by atoms with Crippen LogP contribution in [-0.2, 0) is 6.42 Å². The molecule has 0 aliphatic carbocycles. The second kappa shape index (κ2) is 7.89. The number of nitrogens with zero attached hydrogens (tertiary/aromatic N) is 4. The van der Waals surface area contributed by atoms with E-state index in [1.54, 1.807) is 12.3 Å². The lowest BCUT2D eigenvalue weighted by atomic mass is 10.0. The molecule has 9 heteroatoms. The van der Waals surface area contributed by atoms with Crippen molar-refractivity contribution in [2.75, 3.05) is 6.54 Å². The third-order valence-electron chi connectivity index (χ3n) is 4.61. The molecule has 1 aromatic carbocycles. The monoisotopic (exact) mass is 388 g/mol. The van der Waals surface area contributed by atoms with Crippen molar-refractivity contribution in [1.82, 2.24) is 24.5 Å². The molecule has 0 fully saturated rings. The van der Waals surface area contributed by atoms with Gasteiger partial charge in [-0.15, -0.1) is 0 Å². The standard InChI is InChI=1S/C19H22F2N6O/c1-11(2)26-10-14(9-23-26)15-5-4-6-16(12(15)3)27-17(24-25-19(27)28)7-13(8-22)18(20)21/h4-6,9-11H,7-8,22H2,1-3H3,(H,25,28). The van der Waals surface area contributed by atoms with Gasteiger partial charge in [0.1, 0.15) is 5.82 Å². The third-order valence-corrected chi connectivity index (χ3v) is 4.61. The highest BCUT2D eigenvalue weighted by Gasteiger charge is 2.18. The number of benzene rings is 1. The molecule has 0 amide bonds. The number of hydrogen-bond acceptors (Lipinski definition) is 4. The molecule has 148 valence electrons. The van der Waals surface area contributed by atoms with Crippen molar-refractivity contribution in [2.24, 2.45) is 5.73 Å². The Hall–Kier alpha value is -3.07. The zero-order chi connectivity index (χ0) is 20.4. The Morgan fingerprint density at radius 1 is 1.32 bits per heavy atom. The summed E-state index contributed by atoms with van der Waals surface area (Å²) < 4.78 is 29.2. The molecule has 3 rings (SSSR count). The molecular formula is C19H22F2N6O. The van der Waals surface area contributed by atoms with Gasteiger partial charge in [0.2, 0.25) is 0 Å². The molecule has 0 atom stereocenters. The Morgan fingerprint density at radius 3 is 2.68 bits per heavy atom. The molecule has 0 saturated carbocycles. The summed E-state index contributed by atoms with van der Waals surface area (Å²) in [7, 11) is 0. The molecular weight excluding hydrogens is 366 g/mol. The van der Waals surface area contributed by atoms with E-state index in [1.807, 2.05) is 43.8 Å². The minimum absolute atomic E-state index is 0.177. The van der Waals surface area contributed by atoms with E-state index in [9.17, 15) is 13.6 Å². The molecule has 0 unspecified atom stereocenters. The van der Waals surface area contributed by atoms with Gasteiger partial charge in [0, 0.05) is 36.3 Å². The van der Waals surface area contributed by atoms with Crippen molar-refractivity contribution in [3.63, 3.8) is 0 Å². The van der Waals surface area contributed by atoms with Crippen LogP contribution in [0.2, 0.25) is 0 Å². The Morgan fingerprint density at radius 2 is 2.07 bits per heavy atom. The maximum atomic E-state index is 13.0.